The highest BCUT2D eigenvalue weighted by atomic mass is 16.5. The Morgan fingerprint density at radius 2 is 1.97 bits per heavy atom. The number of esters is 2. The van der Waals surface area contributed by atoms with Gasteiger partial charge in [-0.1, -0.05) is 18.2 Å². The molecule has 0 saturated heterocycles. The number of aryl methyl sites for hydroxylation is 1. The molecule has 0 bridgehead atoms. The molecule has 0 unspecified atom stereocenters. The Bertz CT molecular complexity index is 1260. The van der Waals surface area contributed by atoms with Gasteiger partial charge in [-0.3, -0.25) is 0 Å². The van der Waals surface area contributed by atoms with Gasteiger partial charge in [0.2, 0.25) is 5.54 Å². The van der Waals surface area contributed by atoms with Gasteiger partial charge in [0.1, 0.15) is 17.5 Å². The van der Waals surface area contributed by atoms with E-state index >= 15 is 0 Å². The van der Waals surface area contributed by atoms with E-state index < -0.39 is 17.5 Å². The van der Waals surface area contributed by atoms with E-state index in [0.29, 0.717) is 5.56 Å². The average Bonchev–Trinajstić information content (AvgIpc) is 3.35. The molecule has 2 aromatic heterocycles. The van der Waals surface area contributed by atoms with Crippen molar-refractivity contribution in [3.8, 4) is 6.07 Å². The van der Waals surface area contributed by atoms with Crippen molar-refractivity contribution in [3.63, 3.8) is 0 Å². The van der Waals surface area contributed by atoms with E-state index in [-0.39, 0.29) is 30.2 Å². The van der Waals surface area contributed by atoms with Crippen LogP contribution in [0.5, 0.6) is 0 Å². The molecule has 31 heavy (non-hydrogen) atoms. The fraction of sp³-hybridized carbons (Fsp3) is 0.273. The van der Waals surface area contributed by atoms with E-state index in [2.05, 4.69) is 16.5 Å². The van der Waals surface area contributed by atoms with Gasteiger partial charge in [0.25, 0.3) is 0 Å². The van der Waals surface area contributed by atoms with E-state index in [1.807, 2.05) is 35.9 Å². The summed E-state index contributed by atoms with van der Waals surface area (Å²) >= 11 is 0. The Morgan fingerprint density at radius 1 is 1.23 bits per heavy atom. The van der Waals surface area contributed by atoms with Crippen LogP contribution in [0.1, 0.15) is 25.0 Å². The molecule has 0 aliphatic carbocycles. The second kappa shape index (κ2) is 7.65. The van der Waals surface area contributed by atoms with Crippen LogP contribution in [0.2, 0.25) is 0 Å². The average molecular weight is 419 g/mol. The summed E-state index contributed by atoms with van der Waals surface area (Å²) < 4.78 is 14.0. The fourth-order valence-corrected chi connectivity index (χ4v) is 4.03. The summed E-state index contributed by atoms with van der Waals surface area (Å²) in [5.41, 5.74) is -0.174. The molecular weight excluding hydrogens is 398 g/mol. The lowest BCUT2D eigenvalue weighted by molar-refractivity contribution is -0.153. The molecule has 9 heteroatoms. The van der Waals surface area contributed by atoms with E-state index in [4.69, 9.17) is 9.47 Å². The van der Waals surface area contributed by atoms with Crippen molar-refractivity contribution in [3.05, 3.63) is 59.6 Å². The molecular formula is C22H21N5O4. The van der Waals surface area contributed by atoms with Crippen molar-refractivity contribution in [1.29, 1.82) is 5.26 Å². The number of carbonyl (C=O) groups is 2. The van der Waals surface area contributed by atoms with Crippen LogP contribution in [0.25, 0.3) is 10.9 Å². The summed E-state index contributed by atoms with van der Waals surface area (Å²) in [6.45, 7) is 3.59. The highest BCUT2D eigenvalue weighted by molar-refractivity contribution is 6.06. The minimum atomic E-state index is -1.78. The molecule has 1 aliphatic heterocycles. The lowest BCUT2D eigenvalue weighted by atomic mass is 9.81. The Labute approximate surface area is 178 Å². The molecule has 0 amide bonds. The number of nitrogens with one attached hydrogen (secondary N) is 1. The van der Waals surface area contributed by atoms with Crippen LogP contribution in [0.3, 0.4) is 0 Å². The molecule has 4 rings (SSSR count). The van der Waals surface area contributed by atoms with Gasteiger partial charge in [0.15, 0.2) is 0 Å². The lowest BCUT2D eigenvalue weighted by Crippen LogP contribution is -2.51. The molecule has 0 saturated carbocycles. The summed E-state index contributed by atoms with van der Waals surface area (Å²) in [4.78, 5) is 26.8. The van der Waals surface area contributed by atoms with Gasteiger partial charge in [0.05, 0.1) is 25.0 Å². The third-order valence-electron chi connectivity index (χ3n) is 5.30. The van der Waals surface area contributed by atoms with Gasteiger partial charge in [-0.25, -0.2) is 14.3 Å². The van der Waals surface area contributed by atoms with E-state index in [1.54, 1.807) is 20.0 Å². The Morgan fingerprint density at radius 3 is 2.68 bits per heavy atom. The molecule has 158 valence electrons. The zero-order valence-corrected chi connectivity index (χ0v) is 17.4. The molecule has 0 radical (unpaired) electrons. The molecule has 9 nitrogen and oxygen atoms in total. The van der Waals surface area contributed by atoms with Gasteiger partial charge >= 0.3 is 11.9 Å². The highest BCUT2D eigenvalue weighted by Crippen LogP contribution is 2.44. The zero-order chi connectivity index (χ0) is 22.2. The van der Waals surface area contributed by atoms with E-state index in [1.165, 1.54) is 17.1 Å². The van der Waals surface area contributed by atoms with Crippen molar-refractivity contribution >= 4 is 28.7 Å². The SMILES string of the molecule is CCOC(=O)C1=CNc2c(C#N)cnn2[C@@]1(C(=O)OCC)c1cn(C)c2ccccc12. The normalized spacial score (nSPS) is 17.3. The largest absolute Gasteiger partial charge is 0.464 e. The number of hydrogen-bond donors (Lipinski definition) is 1. The first-order valence-electron chi connectivity index (χ1n) is 9.85. The van der Waals surface area contributed by atoms with E-state index in [0.717, 1.165) is 10.9 Å². The lowest BCUT2D eigenvalue weighted by Gasteiger charge is -2.36. The smallest absolute Gasteiger partial charge is 0.343 e. The molecule has 0 fully saturated rings. The Kier molecular flexibility index (Phi) is 4.99. The van der Waals surface area contributed by atoms with Gasteiger partial charge in [0, 0.05) is 35.9 Å². The topological polar surface area (TPSA) is 111 Å². The van der Waals surface area contributed by atoms with Crippen molar-refractivity contribution < 1.29 is 19.1 Å². The third kappa shape index (κ3) is 2.79. The number of para-hydroxylation sites is 1. The minimum Gasteiger partial charge on any atom is -0.464 e. The molecule has 1 N–H and O–H groups in total. The number of carbonyl (C=O) groups excluding carboxylic acids is 2. The van der Waals surface area contributed by atoms with Crippen molar-refractivity contribution in [1.82, 2.24) is 14.3 Å². The van der Waals surface area contributed by atoms with Crippen LogP contribution < -0.4 is 5.32 Å². The number of fused-ring (bicyclic) bond motifs is 2. The number of aromatic nitrogens is 3. The van der Waals surface area contributed by atoms with Crippen LogP contribution in [0, 0.1) is 11.3 Å². The van der Waals surface area contributed by atoms with Crippen LogP contribution in [-0.4, -0.2) is 39.5 Å². The fourth-order valence-electron chi connectivity index (χ4n) is 4.03. The molecule has 0 spiro atoms. The predicted molar refractivity (Wildman–Crippen MR) is 112 cm³/mol. The summed E-state index contributed by atoms with van der Waals surface area (Å²) in [6.07, 6.45) is 4.52. The maximum absolute atomic E-state index is 13.7. The second-order valence-electron chi connectivity index (χ2n) is 6.95. The first kappa shape index (κ1) is 20.2. The van der Waals surface area contributed by atoms with Gasteiger partial charge in [-0.2, -0.15) is 10.4 Å². The van der Waals surface area contributed by atoms with Crippen LogP contribution in [0.15, 0.2) is 48.4 Å². The third-order valence-corrected chi connectivity index (χ3v) is 5.30. The first-order chi connectivity index (χ1) is 15.0. The minimum absolute atomic E-state index is 0.0178. The van der Waals surface area contributed by atoms with Crippen LogP contribution in [0.4, 0.5) is 5.82 Å². The van der Waals surface area contributed by atoms with E-state index in [9.17, 15) is 14.9 Å². The van der Waals surface area contributed by atoms with Crippen molar-refractivity contribution in [2.75, 3.05) is 18.5 Å². The maximum atomic E-state index is 13.7. The quantitative estimate of drug-likeness (QED) is 0.632. The number of nitriles is 1. The Hall–Kier alpha value is -4.06. The molecule has 3 heterocycles. The standard InChI is InChI=1S/C22H21N5O4/c1-4-30-20(28)16-12-24-19-14(10-23)11-25-27(19)22(16,21(29)31-5-2)17-13-26(3)18-9-7-6-8-15(17)18/h6-9,11-13,24H,4-5H2,1-3H3/t22-/m1/s1. The number of anilines is 1. The van der Waals surface area contributed by atoms with Crippen molar-refractivity contribution in [2.24, 2.45) is 7.05 Å². The Balaban J connectivity index is 2.14. The highest BCUT2D eigenvalue weighted by Gasteiger charge is 2.56. The van der Waals surface area contributed by atoms with Crippen LogP contribution in [-0.2, 0) is 31.6 Å². The monoisotopic (exact) mass is 419 g/mol. The first-order valence-corrected chi connectivity index (χ1v) is 9.85. The number of hydrogen-bond acceptors (Lipinski definition) is 7. The summed E-state index contributed by atoms with van der Waals surface area (Å²) in [5, 5.41) is 17.5. The summed E-state index contributed by atoms with van der Waals surface area (Å²) in [5.74, 6) is -1.09. The number of rotatable bonds is 5. The molecule has 3 aromatic rings. The van der Waals surface area contributed by atoms with Gasteiger partial charge < -0.3 is 19.4 Å². The maximum Gasteiger partial charge on any atom is 0.343 e. The van der Waals surface area contributed by atoms with Gasteiger partial charge in [-0.15, -0.1) is 0 Å². The van der Waals surface area contributed by atoms with Gasteiger partial charge in [-0.05, 0) is 19.9 Å². The zero-order valence-electron chi connectivity index (χ0n) is 17.4. The molecule has 1 aliphatic rings. The van der Waals surface area contributed by atoms with Crippen LogP contribution >= 0.6 is 0 Å². The molecule has 1 aromatic carbocycles. The predicted octanol–water partition coefficient (Wildman–Crippen LogP) is 2.43. The summed E-state index contributed by atoms with van der Waals surface area (Å²) in [7, 11) is 1.85. The number of benzene rings is 1. The number of ether oxygens (including phenoxy) is 2. The summed E-state index contributed by atoms with van der Waals surface area (Å²) in [6, 6.07) is 9.58. The molecule has 1 atom stereocenters. The van der Waals surface area contributed by atoms with Crippen molar-refractivity contribution in [2.45, 2.75) is 19.4 Å². The second-order valence-corrected chi connectivity index (χ2v) is 6.95. The number of nitrogens with zero attached hydrogens (tertiary/aromatic N) is 4.